The van der Waals surface area contributed by atoms with E-state index in [1.54, 1.807) is 0 Å². The molecule has 36 heavy (non-hydrogen) atoms. The summed E-state index contributed by atoms with van der Waals surface area (Å²) in [4.78, 5) is 27.0. The Kier molecular flexibility index (Phi) is 5.35. The summed E-state index contributed by atoms with van der Waals surface area (Å²) >= 11 is 0. The van der Waals surface area contributed by atoms with Crippen LogP contribution < -0.4 is 4.90 Å². The summed E-state index contributed by atoms with van der Waals surface area (Å²) in [6.07, 6.45) is 13.8. The molecule has 182 valence electrons. The molecular formula is C27H29N9. The van der Waals surface area contributed by atoms with Crippen LogP contribution in [0.2, 0.25) is 0 Å². The van der Waals surface area contributed by atoms with Crippen LogP contribution in [0.1, 0.15) is 37.7 Å². The molecule has 7 rings (SSSR count). The van der Waals surface area contributed by atoms with Crippen molar-refractivity contribution in [2.45, 2.75) is 38.6 Å². The van der Waals surface area contributed by atoms with Gasteiger partial charge in [-0.2, -0.15) is 5.10 Å². The zero-order chi connectivity index (χ0) is 23.9. The van der Waals surface area contributed by atoms with Crippen LogP contribution in [-0.2, 0) is 6.54 Å². The van der Waals surface area contributed by atoms with E-state index < -0.39 is 0 Å². The smallest absolute Gasteiger partial charge is 0.180 e. The van der Waals surface area contributed by atoms with E-state index >= 15 is 0 Å². The first kappa shape index (κ1) is 21.4. The van der Waals surface area contributed by atoms with Crippen molar-refractivity contribution in [3.63, 3.8) is 0 Å². The molecule has 2 fully saturated rings. The van der Waals surface area contributed by atoms with Gasteiger partial charge in [0, 0.05) is 49.2 Å². The van der Waals surface area contributed by atoms with Gasteiger partial charge in [-0.1, -0.05) is 0 Å². The highest BCUT2D eigenvalue weighted by atomic mass is 15.2. The van der Waals surface area contributed by atoms with Crippen LogP contribution in [0.5, 0.6) is 0 Å². The topological polar surface area (TPSA) is 103 Å². The van der Waals surface area contributed by atoms with Crippen molar-refractivity contribution in [1.29, 1.82) is 0 Å². The molecule has 5 aromatic heterocycles. The Labute approximate surface area is 209 Å². The summed E-state index contributed by atoms with van der Waals surface area (Å²) in [6.45, 7) is 5.40. The molecule has 9 nitrogen and oxygen atoms in total. The molecule has 0 amide bonds. The van der Waals surface area contributed by atoms with Crippen molar-refractivity contribution >= 4 is 27.8 Å². The van der Waals surface area contributed by atoms with E-state index in [1.807, 2.05) is 24.8 Å². The predicted molar refractivity (Wildman–Crippen MR) is 141 cm³/mol. The maximum Gasteiger partial charge on any atom is 0.180 e. The third-order valence-corrected chi connectivity index (χ3v) is 7.43. The summed E-state index contributed by atoms with van der Waals surface area (Å²) in [5.41, 5.74) is 7.62. The Balaban J connectivity index is 1.25. The van der Waals surface area contributed by atoms with Crippen molar-refractivity contribution in [2.24, 2.45) is 0 Å². The molecular weight excluding hydrogens is 450 g/mol. The normalized spacial score (nSPS) is 16.9. The average molecular weight is 480 g/mol. The van der Waals surface area contributed by atoms with Gasteiger partial charge in [-0.05, 0) is 69.0 Å². The molecule has 5 aromatic rings. The fourth-order valence-corrected chi connectivity index (χ4v) is 5.58. The van der Waals surface area contributed by atoms with Crippen molar-refractivity contribution in [1.82, 2.24) is 40.0 Å². The lowest BCUT2D eigenvalue weighted by Crippen LogP contribution is -2.29. The number of anilines is 1. The Morgan fingerprint density at radius 1 is 0.889 bits per heavy atom. The number of nitrogens with one attached hydrogen (secondary N) is 2. The Hall–Kier alpha value is -3.85. The molecule has 0 unspecified atom stereocenters. The summed E-state index contributed by atoms with van der Waals surface area (Å²) in [5.74, 6) is 0.714. The summed E-state index contributed by atoms with van der Waals surface area (Å²) in [7, 11) is 0. The van der Waals surface area contributed by atoms with E-state index in [9.17, 15) is 0 Å². The Morgan fingerprint density at radius 2 is 1.75 bits per heavy atom. The van der Waals surface area contributed by atoms with Crippen LogP contribution in [-0.4, -0.2) is 66.2 Å². The number of fused-ring (bicyclic) bond motifs is 2. The molecule has 0 spiro atoms. The number of H-pyrrole nitrogens is 2. The third-order valence-electron chi connectivity index (χ3n) is 7.43. The number of aromatic amines is 2. The van der Waals surface area contributed by atoms with Crippen molar-refractivity contribution in [3.8, 4) is 22.8 Å². The Bertz CT molecular complexity index is 1520. The van der Waals surface area contributed by atoms with Gasteiger partial charge in [-0.3, -0.25) is 20.0 Å². The number of nitrogens with zero attached hydrogens (tertiary/aromatic N) is 7. The maximum absolute atomic E-state index is 4.82. The van der Waals surface area contributed by atoms with E-state index in [0.29, 0.717) is 5.82 Å². The zero-order valence-corrected chi connectivity index (χ0v) is 20.2. The van der Waals surface area contributed by atoms with E-state index in [1.165, 1.54) is 56.4 Å². The zero-order valence-electron chi connectivity index (χ0n) is 20.2. The number of piperidine rings is 1. The van der Waals surface area contributed by atoms with Crippen LogP contribution in [0.3, 0.4) is 0 Å². The molecule has 0 bridgehead atoms. The first-order chi connectivity index (χ1) is 17.8. The molecule has 0 saturated carbocycles. The molecule has 2 aliphatic rings. The third kappa shape index (κ3) is 3.89. The van der Waals surface area contributed by atoms with Gasteiger partial charge in [0.2, 0.25) is 0 Å². The number of likely N-dealkylation sites (tertiary alicyclic amines) is 1. The second kappa shape index (κ2) is 8.98. The molecule has 2 aliphatic heterocycles. The van der Waals surface area contributed by atoms with E-state index in [2.05, 4.69) is 53.1 Å². The minimum absolute atomic E-state index is 0.714. The summed E-state index contributed by atoms with van der Waals surface area (Å²) < 4.78 is 0. The number of hydrogen-bond acceptors (Lipinski definition) is 7. The van der Waals surface area contributed by atoms with Crippen molar-refractivity contribution < 1.29 is 0 Å². The van der Waals surface area contributed by atoms with E-state index in [4.69, 9.17) is 9.97 Å². The van der Waals surface area contributed by atoms with Crippen LogP contribution in [0.25, 0.3) is 44.8 Å². The van der Waals surface area contributed by atoms with Gasteiger partial charge in [0.1, 0.15) is 11.2 Å². The second-order valence-electron chi connectivity index (χ2n) is 9.91. The van der Waals surface area contributed by atoms with Gasteiger partial charge in [-0.15, -0.1) is 0 Å². The number of hydrogen-bond donors (Lipinski definition) is 2. The molecule has 0 atom stereocenters. The fraction of sp³-hybridized carbons (Fsp3) is 0.370. The number of imidazole rings is 1. The summed E-state index contributed by atoms with van der Waals surface area (Å²) in [5, 5.41) is 8.70. The lowest BCUT2D eigenvalue weighted by atomic mass is 10.1. The quantitative estimate of drug-likeness (QED) is 0.381. The minimum atomic E-state index is 0.714. The van der Waals surface area contributed by atoms with Gasteiger partial charge in [-0.25, -0.2) is 9.97 Å². The van der Waals surface area contributed by atoms with Crippen LogP contribution >= 0.6 is 0 Å². The lowest BCUT2D eigenvalue weighted by molar-refractivity contribution is 0.331. The second-order valence-corrected chi connectivity index (χ2v) is 9.91. The number of rotatable bonds is 5. The standard InChI is InChI=1S/C27H29N9/c1-2-10-36(11-3-1)23-6-7-29-26-25(23)31-27(32-26)24-20-13-21(30-16-22(20)33-34-24)19-12-18(14-28-15-19)17-35-8-4-5-9-35/h6-7,12-16H,1-5,8-11,17H2,(H,33,34)(H,29,31,32). The highest BCUT2D eigenvalue weighted by molar-refractivity contribution is 5.95. The van der Waals surface area contributed by atoms with Crippen molar-refractivity contribution in [3.05, 3.63) is 48.5 Å². The fourth-order valence-electron chi connectivity index (χ4n) is 5.58. The van der Waals surface area contributed by atoms with Gasteiger partial charge >= 0.3 is 0 Å². The van der Waals surface area contributed by atoms with E-state index in [0.717, 1.165) is 58.7 Å². The molecule has 0 aliphatic carbocycles. The predicted octanol–water partition coefficient (Wildman–Crippen LogP) is 4.54. The summed E-state index contributed by atoms with van der Waals surface area (Å²) in [6, 6.07) is 6.37. The SMILES string of the molecule is c1cc(N2CCCCC2)c2[nH]c(-c3n[nH]c4cnc(-c5cncc(CN6CCCC6)c5)cc34)nc2n1. The molecule has 9 heteroatoms. The van der Waals surface area contributed by atoms with Gasteiger partial charge < -0.3 is 9.88 Å². The monoisotopic (exact) mass is 479 g/mol. The Morgan fingerprint density at radius 3 is 2.64 bits per heavy atom. The molecule has 0 aromatic carbocycles. The average Bonchev–Trinajstić information content (AvgIpc) is 3.68. The molecule has 2 N–H and O–H groups in total. The molecule has 7 heterocycles. The lowest BCUT2D eigenvalue weighted by Gasteiger charge is -2.28. The van der Waals surface area contributed by atoms with Crippen LogP contribution in [0.4, 0.5) is 5.69 Å². The van der Waals surface area contributed by atoms with Crippen LogP contribution in [0, 0.1) is 0 Å². The largest absolute Gasteiger partial charge is 0.370 e. The number of aromatic nitrogens is 7. The van der Waals surface area contributed by atoms with Gasteiger partial charge in [0.25, 0.3) is 0 Å². The number of pyridine rings is 3. The molecule has 0 radical (unpaired) electrons. The highest BCUT2D eigenvalue weighted by Crippen LogP contribution is 2.32. The van der Waals surface area contributed by atoms with E-state index in [-0.39, 0.29) is 0 Å². The van der Waals surface area contributed by atoms with Crippen LogP contribution in [0.15, 0.2) is 43.0 Å². The maximum atomic E-state index is 4.82. The van der Waals surface area contributed by atoms with Gasteiger partial charge in [0.05, 0.1) is 23.1 Å². The first-order valence-electron chi connectivity index (χ1n) is 12.9. The molecule has 2 saturated heterocycles. The minimum Gasteiger partial charge on any atom is -0.370 e. The van der Waals surface area contributed by atoms with Crippen molar-refractivity contribution in [2.75, 3.05) is 31.1 Å². The first-order valence-corrected chi connectivity index (χ1v) is 12.9. The highest BCUT2D eigenvalue weighted by Gasteiger charge is 2.20. The van der Waals surface area contributed by atoms with Gasteiger partial charge in [0.15, 0.2) is 11.5 Å².